The minimum Gasteiger partial charge on any atom is -0.364 e. The van der Waals surface area contributed by atoms with E-state index in [-0.39, 0.29) is 5.69 Å². The van der Waals surface area contributed by atoms with Crippen LogP contribution in [0.2, 0.25) is 0 Å². The van der Waals surface area contributed by atoms with Gasteiger partial charge in [0.25, 0.3) is 5.91 Å². The third-order valence-electron chi connectivity index (χ3n) is 1.14. The molecule has 0 fully saturated rings. The molecule has 0 saturated carbocycles. The predicted molar refractivity (Wildman–Crippen MR) is 38.2 cm³/mol. The Morgan fingerprint density at radius 3 is 3.00 bits per heavy atom. The van der Waals surface area contributed by atoms with Crippen molar-refractivity contribution < 1.29 is 10.0 Å². The van der Waals surface area contributed by atoms with Crippen LogP contribution in [0.25, 0.3) is 0 Å². The molecular formula is C6H7N3O2. The number of nitrogens with two attached hydrogens (primary N) is 1. The van der Waals surface area contributed by atoms with Gasteiger partial charge in [0.15, 0.2) is 0 Å². The van der Waals surface area contributed by atoms with Crippen molar-refractivity contribution in [3.05, 3.63) is 24.0 Å². The maximum Gasteiger partial charge on any atom is 0.267 e. The molecule has 0 aliphatic carbocycles. The summed E-state index contributed by atoms with van der Waals surface area (Å²) < 4.78 is 0. The average Bonchev–Trinajstić information content (AvgIpc) is 2.05. The van der Waals surface area contributed by atoms with E-state index in [0.29, 0.717) is 5.69 Å². The zero-order chi connectivity index (χ0) is 8.27. The van der Waals surface area contributed by atoms with E-state index in [0.717, 1.165) is 0 Å². The highest BCUT2D eigenvalue weighted by atomic mass is 16.5. The van der Waals surface area contributed by atoms with Crippen LogP contribution in [0.5, 0.6) is 0 Å². The summed E-state index contributed by atoms with van der Waals surface area (Å²) in [5, 5.41) is 8.41. The third-order valence-corrected chi connectivity index (χ3v) is 1.14. The molecule has 0 aliphatic rings. The lowest BCUT2D eigenvalue weighted by Gasteiger charge is -1.98. The monoisotopic (exact) mass is 153 g/mol. The molecule has 1 aromatic rings. The molecule has 5 nitrogen and oxygen atoms in total. The minimum atomic E-state index is -0.623. The highest BCUT2D eigenvalue weighted by molar-refractivity contribution is 5.91. The van der Waals surface area contributed by atoms with Gasteiger partial charge in [-0.25, -0.2) is 0 Å². The molecule has 0 bridgehead atoms. The van der Waals surface area contributed by atoms with Crippen molar-refractivity contribution in [2.75, 3.05) is 5.48 Å². The van der Waals surface area contributed by atoms with Crippen LogP contribution in [0.15, 0.2) is 18.3 Å². The number of carbonyl (C=O) groups excluding carboxylic acids is 1. The molecular weight excluding hydrogens is 146 g/mol. The first-order chi connectivity index (χ1) is 5.24. The molecule has 58 valence electrons. The molecule has 0 saturated heterocycles. The molecule has 0 spiro atoms. The van der Waals surface area contributed by atoms with Gasteiger partial charge in [0.1, 0.15) is 5.69 Å². The SMILES string of the molecule is NC(=O)c1cc(NO)ccn1. The van der Waals surface area contributed by atoms with Crippen molar-refractivity contribution in [1.82, 2.24) is 4.98 Å². The fourth-order valence-corrected chi connectivity index (χ4v) is 0.635. The van der Waals surface area contributed by atoms with E-state index in [9.17, 15) is 4.79 Å². The number of nitrogens with zero attached hydrogens (tertiary/aromatic N) is 1. The van der Waals surface area contributed by atoms with Crippen LogP contribution >= 0.6 is 0 Å². The Kier molecular flexibility index (Phi) is 2.03. The van der Waals surface area contributed by atoms with Crippen LogP contribution in [-0.2, 0) is 0 Å². The molecule has 1 aromatic heterocycles. The van der Waals surface area contributed by atoms with Crippen molar-refractivity contribution in [3.8, 4) is 0 Å². The van der Waals surface area contributed by atoms with E-state index in [1.807, 2.05) is 5.48 Å². The Labute approximate surface area is 62.8 Å². The number of hydrogen-bond acceptors (Lipinski definition) is 4. The van der Waals surface area contributed by atoms with Gasteiger partial charge in [0.05, 0.1) is 5.69 Å². The van der Waals surface area contributed by atoms with E-state index < -0.39 is 5.91 Å². The largest absolute Gasteiger partial charge is 0.364 e. The first-order valence-electron chi connectivity index (χ1n) is 2.90. The second-order valence-electron chi connectivity index (χ2n) is 1.91. The number of aromatic nitrogens is 1. The van der Waals surface area contributed by atoms with Crippen molar-refractivity contribution in [2.24, 2.45) is 5.73 Å². The number of carbonyl (C=O) groups is 1. The summed E-state index contributed by atoms with van der Waals surface area (Å²) in [4.78, 5) is 14.2. The maximum absolute atomic E-state index is 10.5. The quantitative estimate of drug-likeness (QED) is 0.521. The average molecular weight is 153 g/mol. The minimum absolute atomic E-state index is 0.115. The predicted octanol–water partition coefficient (Wildman–Crippen LogP) is -0.0184. The lowest BCUT2D eigenvalue weighted by atomic mass is 10.3. The third kappa shape index (κ3) is 1.65. The Morgan fingerprint density at radius 2 is 2.45 bits per heavy atom. The number of amides is 1. The number of primary amides is 1. The molecule has 0 radical (unpaired) electrons. The summed E-state index contributed by atoms with van der Waals surface area (Å²) in [5.41, 5.74) is 7.30. The Bertz CT molecular complexity index is 274. The number of nitrogens with one attached hydrogen (secondary N) is 1. The normalized spacial score (nSPS) is 9.18. The first-order valence-corrected chi connectivity index (χ1v) is 2.90. The fraction of sp³-hybridized carbons (Fsp3) is 0. The van der Waals surface area contributed by atoms with E-state index in [4.69, 9.17) is 10.9 Å². The first kappa shape index (κ1) is 7.49. The molecule has 0 atom stereocenters. The summed E-state index contributed by atoms with van der Waals surface area (Å²) in [6.45, 7) is 0. The summed E-state index contributed by atoms with van der Waals surface area (Å²) in [7, 11) is 0. The molecule has 1 heterocycles. The molecule has 0 aromatic carbocycles. The van der Waals surface area contributed by atoms with Crippen molar-refractivity contribution in [3.63, 3.8) is 0 Å². The topological polar surface area (TPSA) is 88.2 Å². The second kappa shape index (κ2) is 2.98. The number of rotatable bonds is 2. The molecule has 5 heteroatoms. The highest BCUT2D eigenvalue weighted by Gasteiger charge is 2.00. The molecule has 4 N–H and O–H groups in total. The van der Waals surface area contributed by atoms with Crippen molar-refractivity contribution in [1.29, 1.82) is 0 Å². The Morgan fingerprint density at radius 1 is 1.73 bits per heavy atom. The van der Waals surface area contributed by atoms with Crippen LogP contribution in [0.3, 0.4) is 0 Å². The van der Waals surface area contributed by atoms with Crippen LogP contribution in [0, 0.1) is 0 Å². The number of pyridine rings is 1. The van der Waals surface area contributed by atoms with Crippen LogP contribution in [0.4, 0.5) is 5.69 Å². The van der Waals surface area contributed by atoms with E-state index >= 15 is 0 Å². The van der Waals surface area contributed by atoms with E-state index in [1.54, 1.807) is 0 Å². The molecule has 0 aliphatic heterocycles. The molecule has 1 amide bonds. The van der Waals surface area contributed by atoms with Gasteiger partial charge in [0, 0.05) is 6.20 Å². The van der Waals surface area contributed by atoms with Gasteiger partial charge in [0.2, 0.25) is 0 Å². The lowest BCUT2D eigenvalue weighted by Crippen LogP contribution is -2.12. The summed E-state index contributed by atoms with van der Waals surface area (Å²) in [6, 6.07) is 2.86. The molecule has 0 unspecified atom stereocenters. The second-order valence-corrected chi connectivity index (χ2v) is 1.91. The van der Waals surface area contributed by atoms with Crippen LogP contribution in [0.1, 0.15) is 10.5 Å². The Balaban J connectivity index is 3.01. The van der Waals surface area contributed by atoms with Crippen LogP contribution in [-0.4, -0.2) is 16.1 Å². The zero-order valence-corrected chi connectivity index (χ0v) is 5.61. The van der Waals surface area contributed by atoms with Crippen molar-refractivity contribution in [2.45, 2.75) is 0 Å². The lowest BCUT2D eigenvalue weighted by molar-refractivity contribution is 0.0995. The van der Waals surface area contributed by atoms with Gasteiger partial charge < -0.3 is 5.73 Å². The zero-order valence-electron chi connectivity index (χ0n) is 5.61. The number of anilines is 1. The van der Waals surface area contributed by atoms with Gasteiger partial charge in [-0.15, -0.1) is 0 Å². The summed E-state index contributed by atoms with van der Waals surface area (Å²) in [5.74, 6) is -0.623. The summed E-state index contributed by atoms with van der Waals surface area (Å²) in [6.07, 6.45) is 1.37. The van der Waals surface area contributed by atoms with Gasteiger partial charge >= 0.3 is 0 Å². The van der Waals surface area contributed by atoms with Gasteiger partial charge in [-0.1, -0.05) is 0 Å². The van der Waals surface area contributed by atoms with E-state index in [2.05, 4.69) is 4.98 Å². The number of hydrogen-bond donors (Lipinski definition) is 3. The van der Waals surface area contributed by atoms with Crippen LogP contribution < -0.4 is 11.2 Å². The Hall–Kier alpha value is -1.62. The molecule has 11 heavy (non-hydrogen) atoms. The highest BCUT2D eigenvalue weighted by Crippen LogP contribution is 2.05. The molecule has 1 rings (SSSR count). The van der Waals surface area contributed by atoms with E-state index in [1.165, 1.54) is 18.3 Å². The van der Waals surface area contributed by atoms with Gasteiger partial charge in [-0.2, -0.15) is 0 Å². The van der Waals surface area contributed by atoms with Gasteiger partial charge in [-0.05, 0) is 12.1 Å². The summed E-state index contributed by atoms with van der Waals surface area (Å²) >= 11 is 0. The maximum atomic E-state index is 10.5. The van der Waals surface area contributed by atoms with Crippen molar-refractivity contribution >= 4 is 11.6 Å². The smallest absolute Gasteiger partial charge is 0.267 e. The fourth-order valence-electron chi connectivity index (χ4n) is 0.635. The van der Waals surface area contributed by atoms with Gasteiger partial charge in [-0.3, -0.25) is 20.5 Å². The standard InChI is InChI=1S/C6H7N3O2/c7-6(10)5-3-4(9-11)1-2-8-5/h1-3,11H,(H2,7,10)(H,8,9).